The summed E-state index contributed by atoms with van der Waals surface area (Å²) in [5.41, 5.74) is 2.44. The maximum Gasteiger partial charge on any atom is 0.119 e. The molecule has 0 saturated carbocycles. The van der Waals surface area contributed by atoms with Gasteiger partial charge in [0.25, 0.3) is 0 Å². The molecule has 0 aliphatic heterocycles. The predicted molar refractivity (Wildman–Crippen MR) is 77.0 cm³/mol. The van der Waals surface area contributed by atoms with Crippen molar-refractivity contribution < 1.29 is 4.74 Å². The second-order valence-electron chi connectivity index (χ2n) is 4.72. The van der Waals surface area contributed by atoms with Crippen molar-refractivity contribution in [2.24, 2.45) is 0 Å². The van der Waals surface area contributed by atoms with Crippen LogP contribution in [-0.4, -0.2) is 38.7 Å². The van der Waals surface area contributed by atoms with E-state index in [9.17, 15) is 0 Å². The maximum atomic E-state index is 5.70. The first-order chi connectivity index (χ1) is 8.61. The molecule has 0 unspecified atom stereocenters. The fraction of sp³-hybridized carbons (Fsp3) is 0.467. The molecule has 1 N–H and O–H groups in total. The van der Waals surface area contributed by atoms with Crippen LogP contribution in [0, 0.1) is 0 Å². The monoisotopic (exact) mass is 248 g/mol. The molecular formula is C15H24N2O. The van der Waals surface area contributed by atoms with Gasteiger partial charge in [0, 0.05) is 19.6 Å². The number of hydrogen-bond acceptors (Lipinski definition) is 3. The molecule has 1 rings (SSSR count). The van der Waals surface area contributed by atoms with Crippen LogP contribution in [0.4, 0.5) is 0 Å². The van der Waals surface area contributed by atoms with Crippen molar-refractivity contribution in [3.8, 4) is 5.75 Å². The van der Waals surface area contributed by atoms with Crippen molar-refractivity contribution in [2.75, 3.05) is 33.8 Å². The number of rotatable bonds is 8. The van der Waals surface area contributed by atoms with Crippen LogP contribution in [-0.2, 0) is 6.54 Å². The first kappa shape index (κ1) is 14.7. The number of nitrogens with zero attached hydrogens (tertiary/aromatic N) is 1. The van der Waals surface area contributed by atoms with Crippen molar-refractivity contribution >= 4 is 0 Å². The van der Waals surface area contributed by atoms with Crippen LogP contribution >= 0.6 is 0 Å². The minimum Gasteiger partial charge on any atom is -0.492 e. The molecule has 3 heteroatoms. The van der Waals surface area contributed by atoms with Crippen LogP contribution in [0.3, 0.4) is 0 Å². The number of hydrogen-bond donors (Lipinski definition) is 1. The van der Waals surface area contributed by atoms with Crippen LogP contribution in [0.2, 0.25) is 0 Å². The third-order valence-corrected chi connectivity index (χ3v) is 2.59. The molecule has 3 nitrogen and oxygen atoms in total. The van der Waals surface area contributed by atoms with Gasteiger partial charge in [0.1, 0.15) is 12.4 Å². The summed E-state index contributed by atoms with van der Waals surface area (Å²) in [6.07, 6.45) is 0. The summed E-state index contributed by atoms with van der Waals surface area (Å²) in [5.74, 6) is 0.929. The van der Waals surface area contributed by atoms with Crippen molar-refractivity contribution in [3.05, 3.63) is 42.0 Å². The van der Waals surface area contributed by atoms with E-state index in [-0.39, 0.29) is 0 Å². The molecule has 0 saturated heterocycles. The molecule has 0 amide bonds. The van der Waals surface area contributed by atoms with Gasteiger partial charge in [0.2, 0.25) is 0 Å². The van der Waals surface area contributed by atoms with E-state index in [1.807, 2.05) is 26.1 Å². The van der Waals surface area contributed by atoms with Crippen molar-refractivity contribution in [2.45, 2.75) is 13.5 Å². The van der Waals surface area contributed by atoms with E-state index in [2.05, 4.69) is 36.0 Å². The summed E-state index contributed by atoms with van der Waals surface area (Å²) in [4.78, 5) is 2.21. The Bertz CT molecular complexity index is 359. The van der Waals surface area contributed by atoms with E-state index in [0.29, 0.717) is 6.61 Å². The second kappa shape index (κ2) is 7.90. The first-order valence-electron chi connectivity index (χ1n) is 6.31. The number of nitrogens with one attached hydrogen (secondary N) is 1. The van der Waals surface area contributed by atoms with Gasteiger partial charge in [-0.3, -0.25) is 4.90 Å². The Morgan fingerprint density at radius 1 is 1.33 bits per heavy atom. The average molecular weight is 248 g/mol. The number of benzene rings is 1. The molecule has 0 aromatic heterocycles. The summed E-state index contributed by atoms with van der Waals surface area (Å²) in [5, 5.41) is 3.12. The summed E-state index contributed by atoms with van der Waals surface area (Å²) < 4.78 is 5.70. The molecular weight excluding hydrogens is 224 g/mol. The lowest BCUT2D eigenvalue weighted by Gasteiger charge is -2.16. The largest absolute Gasteiger partial charge is 0.492 e. The molecule has 1 aromatic rings. The quantitative estimate of drug-likeness (QED) is 0.714. The van der Waals surface area contributed by atoms with E-state index < -0.39 is 0 Å². The molecule has 0 spiro atoms. The standard InChI is InChI=1S/C15H24N2O/c1-13(2)12-17(4)9-10-18-15-7-5-14(6-8-15)11-16-3/h5-8,16H,1,9-12H2,2-4H3. The predicted octanol–water partition coefficient (Wildman–Crippen LogP) is 2.29. The Morgan fingerprint density at radius 3 is 2.56 bits per heavy atom. The molecule has 0 atom stereocenters. The van der Waals surface area contributed by atoms with Crippen LogP contribution in [0.15, 0.2) is 36.4 Å². The molecule has 0 aliphatic rings. The highest BCUT2D eigenvalue weighted by Crippen LogP contribution is 2.11. The Morgan fingerprint density at radius 2 is 2.00 bits per heavy atom. The summed E-state index contributed by atoms with van der Waals surface area (Å²) in [6, 6.07) is 8.21. The number of ether oxygens (including phenoxy) is 1. The zero-order valence-electron chi connectivity index (χ0n) is 11.7. The smallest absolute Gasteiger partial charge is 0.119 e. The van der Waals surface area contributed by atoms with Gasteiger partial charge in [-0.15, -0.1) is 0 Å². The van der Waals surface area contributed by atoms with Gasteiger partial charge < -0.3 is 10.1 Å². The van der Waals surface area contributed by atoms with Gasteiger partial charge in [0.15, 0.2) is 0 Å². The topological polar surface area (TPSA) is 24.5 Å². The fourth-order valence-corrected chi connectivity index (χ4v) is 1.77. The molecule has 100 valence electrons. The minimum atomic E-state index is 0.704. The SMILES string of the molecule is C=C(C)CN(C)CCOc1ccc(CNC)cc1. The molecule has 1 aromatic carbocycles. The number of likely N-dealkylation sites (N-methyl/N-ethyl adjacent to an activating group) is 1. The Hall–Kier alpha value is -1.32. The fourth-order valence-electron chi connectivity index (χ4n) is 1.77. The highest BCUT2D eigenvalue weighted by molar-refractivity contribution is 5.27. The van der Waals surface area contributed by atoms with Gasteiger partial charge >= 0.3 is 0 Å². The highest BCUT2D eigenvalue weighted by Gasteiger charge is 1.99. The highest BCUT2D eigenvalue weighted by atomic mass is 16.5. The zero-order chi connectivity index (χ0) is 13.4. The van der Waals surface area contributed by atoms with Crippen molar-refractivity contribution in [3.63, 3.8) is 0 Å². The molecule has 0 fully saturated rings. The van der Waals surface area contributed by atoms with Gasteiger partial charge in [-0.2, -0.15) is 0 Å². The summed E-state index contributed by atoms with van der Waals surface area (Å²) in [7, 11) is 4.02. The lowest BCUT2D eigenvalue weighted by atomic mass is 10.2. The normalized spacial score (nSPS) is 10.7. The van der Waals surface area contributed by atoms with Gasteiger partial charge in [0.05, 0.1) is 0 Å². The molecule has 0 bridgehead atoms. The summed E-state index contributed by atoms with van der Waals surface area (Å²) >= 11 is 0. The Balaban J connectivity index is 2.28. The van der Waals surface area contributed by atoms with Gasteiger partial charge in [-0.25, -0.2) is 0 Å². The van der Waals surface area contributed by atoms with Crippen LogP contribution in [0.5, 0.6) is 5.75 Å². The molecule has 18 heavy (non-hydrogen) atoms. The van der Waals surface area contributed by atoms with Crippen LogP contribution in [0.1, 0.15) is 12.5 Å². The second-order valence-corrected chi connectivity index (χ2v) is 4.72. The van der Waals surface area contributed by atoms with Gasteiger partial charge in [-0.05, 0) is 38.7 Å². The lowest BCUT2D eigenvalue weighted by Crippen LogP contribution is -2.25. The van der Waals surface area contributed by atoms with Crippen molar-refractivity contribution in [1.82, 2.24) is 10.2 Å². The van der Waals surface area contributed by atoms with E-state index in [0.717, 1.165) is 25.4 Å². The minimum absolute atomic E-state index is 0.704. The van der Waals surface area contributed by atoms with E-state index in [1.165, 1.54) is 11.1 Å². The zero-order valence-corrected chi connectivity index (χ0v) is 11.7. The first-order valence-corrected chi connectivity index (χ1v) is 6.31. The van der Waals surface area contributed by atoms with Crippen LogP contribution < -0.4 is 10.1 Å². The van der Waals surface area contributed by atoms with Gasteiger partial charge in [-0.1, -0.05) is 24.3 Å². The van der Waals surface area contributed by atoms with Crippen LogP contribution in [0.25, 0.3) is 0 Å². The van der Waals surface area contributed by atoms with E-state index >= 15 is 0 Å². The lowest BCUT2D eigenvalue weighted by molar-refractivity contribution is 0.247. The third kappa shape index (κ3) is 5.84. The Labute approximate surface area is 110 Å². The molecule has 0 radical (unpaired) electrons. The van der Waals surface area contributed by atoms with Crippen molar-refractivity contribution in [1.29, 1.82) is 0 Å². The maximum absolute atomic E-state index is 5.70. The summed E-state index contributed by atoms with van der Waals surface area (Å²) in [6.45, 7) is 9.36. The van der Waals surface area contributed by atoms with E-state index in [1.54, 1.807) is 0 Å². The molecule has 0 aliphatic carbocycles. The Kier molecular flexibility index (Phi) is 6.47. The van der Waals surface area contributed by atoms with E-state index in [4.69, 9.17) is 4.74 Å². The molecule has 0 heterocycles. The average Bonchev–Trinajstić information content (AvgIpc) is 2.31. The third-order valence-electron chi connectivity index (χ3n) is 2.59.